The van der Waals surface area contributed by atoms with Gasteiger partial charge in [-0.25, -0.2) is 0 Å². The quantitative estimate of drug-likeness (QED) is 0.740. The van der Waals surface area contributed by atoms with Gasteiger partial charge in [0, 0.05) is 6.61 Å². The first-order chi connectivity index (χ1) is 6.43. The van der Waals surface area contributed by atoms with Gasteiger partial charge in [-0.15, -0.1) is 0 Å². The van der Waals surface area contributed by atoms with Crippen LogP contribution in [0.5, 0.6) is 0 Å². The largest absolute Gasteiger partial charge is 0.396 e. The van der Waals surface area contributed by atoms with Crippen molar-refractivity contribution in [2.45, 2.75) is 33.1 Å². The predicted octanol–water partition coefficient (Wildman–Crippen LogP) is 3.18. The molecule has 1 nitrogen and oxygen atoms in total. The summed E-state index contributed by atoms with van der Waals surface area (Å²) in [4.78, 5) is 0. The van der Waals surface area contributed by atoms with Gasteiger partial charge in [-0.2, -0.15) is 0 Å². The fourth-order valence-electron chi connectivity index (χ4n) is 1.09. The molecule has 0 aliphatic carbocycles. The summed E-state index contributed by atoms with van der Waals surface area (Å²) >= 11 is 0. The molecule has 0 saturated carbocycles. The second-order valence-electron chi connectivity index (χ2n) is 2.67. The van der Waals surface area contributed by atoms with Crippen LogP contribution in [-0.4, -0.2) is 11.7 Å². The second-order valence-corrected chi connectivity index (χ2v) is 2.67. The van der Waals surface area contributed by atoms with Gasteiger partial charge in [0.15, 0.2) is 0 Å². The minimum Gasteiger partial charge on any atom is -0.396 e. The molecule has 0 unspecified atom stereocenters. The third-order valence-electron chi connectivity index (χ3n) is 1.72. The van der Waals surface area contributed by atoms with Crippen LogP contribution in [-0.2, 0) is 6.42 Å². The summed E-state index contributed by atoms with van der Waals surface area (Å²) < 4.78 is 0. The highest BCUT2D eigenvalue weighted by atomic mass is 19.0. The Hall–Kier alpha value is -0.890. The summed E-state index contributed by atoms with van der Waals surface area (Å²) in [7, 11) is 0. The molecular formula is C12H21FO. The molecule has 0 spiro atoms. The third kappa shape index (κ3) is 7.74. The van der Waals surface area contributed by atoms with Crippen LogP contribution in [0.2, 0.25) is 0 Å². The highest BCUT2D eigenvalue weighted by Gasteiger charge is 1.89. The monoisotopic (exact) mass is 200 g/mol. The molecule has 1 aromatic carbocycles. The van der Waals surface area contributed by atoms with Crippen LogP contribution in [0.25, 0.3) is 0 Å². The average Bonchev–Trinajstić information content (AvgIpc) is 2.23. The highest BCUT2D eigenvalue weighted by Crippen LogP contribution is 2.03. The van der Waals surface area contributed by atoms with E-state index in [9.17, 15) is 0 Å². The van der Waals surface area contributed by atoms with Crippen LogP contribution in [0.1, 0.15) is 32.3 Å². The van der Waals surface area contributed by atoms with Crippen molar-refractivity contribution < 1.29 is 9.81 Å². The minimum absolute atomic E-state index is 0. The average molecular weight is 200 g/mol. The van der Waals surface area contributed by atoms with E-state index in [0.29, 0.717) is 6.61 Å². The second kappa shape index (κ2) is 12.1. The van der Waals surface area contributed by atoms with Crippen molar-refractivity contribution in [2.24, 2.45) is 0 Å². The number of unbranched alkanes of at least 4 members (excludes halogenated alkanes) is 1. The van der Waals surface area contributed by atoms with Gasteiger partial charge >= 0.3 is 0 Å². The molecule has 0 aliphatic heterocycles. The number of rotatable bonds is 4. The van der Waals surface area contributed by atoms with Crippen LogP contribution in [0.4, 0.5) is 4.70 Å². The molecule has 14 heavy (non-hydrogen) atoms. The number of aryl methyl sites for hydroxylation is 1. The fraction of sp³-hybridized carbons (Fsp3) is 0.500. The molecular weight excluding hydrogens is 179 g/mol. The van der Waals surface area contributed by atoms with E-state index in [1.807, 2.05) is 32.0 Å². The molecule has 1 rings (SSSR count). The number of aliphatic hydroxyl groups is 1. The molecule has 0 fully saturated rings. The molecule has 0 bridgehead atoms. The lowest BCUT2D eigenvalue weighted by molar-refractivity contribution is 0.284. The van der Waals surface area contributed by atoms with E-state index in [2.05, 4.69) is 12.1 Å². The minimum atomic E-state index is 0. The third-order valence-corrected chi connectivity index (χ3v) is 1.72. The Morgan fingerprint density at radius 2 is 1.57 bits per heavy atom. The molecule has 0 radical (unpaired) electrons. The van der Waals surface area contributed by atoms with Gasteiger partial charge in [-0.05, 0) is 24.8 Å². The molecule has 0 aliphatic rings. The number of hydrogen-bond acceptors (Lipinski definition) is 1. The Kier molecular flexibility index (Phi) is 13.5. The fourth-order valence-corrected chi connectivity index (χ4v) is 1.09. The van der Waals surface area contributed by atoms with Crippen molar-refractivity contribution in [2.75, 3.05) is 6.61 Å². The molecule has 1 aromatic rings. The summed E-state index contributed by atoms with van der Waals surface area (Å²) in [6, 6.07) is 10.4. The van der Waals surface area contributed by atoms with Crippen LogP contribution in [0.15, 0.2) is 30.3 Å². The standard InChI is InChI=1S/C10H14O.C2H6.FH/c11-9-5-4-8-10-6-2-1-3-7-10;1-2;/h1-3,6-7,11H,4-5,8-9H2;1-2H3;1H. The van der Waals surface area contributed by atoms with E-state index >= 15 is 0 Å². The SMILES string of the molecule is CC.F.OCCCCc1ccccc1. The lowest BCUT2D eigenvalue weighted by Crippen LogP contribution is -1.87. The van der Waals surface area contributed by atoms with Crippen molar-refractivity contribution in [3.63, 3.8) is 0 Å². The molecule has 0 atom stereocenters. The number of aliphatic hydroxyl groups excluding tert-OH is 1. The molecule has 82 valence electrons. The normalized spacial score (nSPS) is 8.21. The van der Waals surface area contributed by atoms with E-state index in [4.69, 9.17) is 5.11 Å². The Morgan fingerprint density at radius 3 is 2.07 bits per heavy atom. The van der Waals surface area contributed by atoms with E-state index in [1.54, 1.807) is 0 Å². The van der Waals surface area contributed by atoms with Crippen LogP contribution in [0.3, 0.4) is 0 Å². The number of hydrogen-bond donors (Lipinski definition) is 1. The smallest absolute Gasteiger partial charge is 0.0431 e. The van der Waals surface area contributed by atoms with Crippen LogP contribution in [0, 0.1) is 0 Å². The summed E-state index contributed by atoms with van der Waals surface area (Å²) in [5.74, 6) is 0. The van der Waals surface area contributed by atoms with Crippen molar-refractivity contribution in [1.29, 1.82) is 0 Å². The van der Waals surface area contributed by atoms with Gasteiger partial charge in [0.25, 0.3) is 0 Å². The molecule has 0 saturated heterocycles. The zero-order valence-electron chi connectivity index (χ0n) is 9.07. The van der Waals surface area contributed by atoms with Gasteiger partial charge in [-0.3, -0.25) is 4.70 Å². The van der Waals surface area contributed by atoms with Gasteiger partial charge in [0.05, 0.1) is 0 Å². The van der Waals surface area contributed by atoms with Crippen LogP contribution >= 0.6 is 0 Å². The summed E-state index contributed by atoms with van der Waals surface area (Å²) in [5, 5.41) is 8.54. The number of halogens is 1. The molecule has 0 aromatic heterocycles. The van der Waals surface area contributed by atoms with Crippen LogP contribution < -0.4 is 0 Å². The summed E-state index contributed by atoms with van der Waals surface area (Å²) in [6.45, 7) is 4.31. The van der Waals surface area contributed by atoms with E-state index in [-0.39, 0.29) is 4.70 Å². The topological polar surface area (TPSA) is 20.2 Å². The Balaban J connectivity index is 0. The lowest BCUT2D eigenvalue weighted by Gasteiger charge is -1.97. The molecule has 0 heterocycles. The summed E-state index contributed by atoms with van der Waals surface area (Å²) in [5.41, 5.74) is 1.36. The lowest BCUT2D eigenvalue weighted by atomic mass is 10.1. The Labute approximate surface area is 86.1 Å². The van der Waals surface area contributed by atoms with Crippen molar-refractivity contribution >= 4 is 0 Å². The van der Waals surface area contributed by atoms with E-state index in [0.717, 1.165) is 19.3 Å². The molecule has 2 heteroatoms. The first kappa shape index (κ1) is 15.6. The summed E-state index contributed by atoms with van der Waals surface area (Å²) in [6.07, 6.45) is 3.08. The maximum atomic E-state index is 8.54. The van der Waals surface area contributed by atoms with Gasteiger partial charge < -0.3 is 5.11 Å². The molecule has 1 N–H and O–H groups in total. The van der Waals surface area contributed by atoms with E-state index < -0.39 is 0 Å². The maximum Gasteiger partial charge on any atom is 0.0431 e. The maximum absolute atomic E-state index is 8.54. The van der Waals surface area contributed by atoms with Gasteiger partial charge in [-0.1, -0.05) is 44.2 Å². The van der Waals surface area contributed by atoms with E-state index in [1.165, 1.54) is 5.56 Å². The Morgan fingerprint density at radius 1 is 1.00 bits per heavy atom. The van der Waals surface area contributed by atoms with Gasteiger partial charge in [0.2, 0.25) is 0 Å². The van der Waals surface area contributed by atoms with Crippen molar-refractivity contribution in [3.05, 3.63) is 35.9 Å². The van der Waals surface area contributed by atoms with Crippen molar-refractivity contribution in [1.82, 2.24) is 0 Å². The zero-order chi connectivity index (χ0) is 9.94. The molecule has 0 amide bonds. The predicted molar refractivity (Wildman–Crippen MR) is 60.3 cm³/mol. The van der Waals surface area contributed by atoms with Crippen molar-refractivity contribution in [3.8, 4) is 0 Å². The first-order valence-corrected chi connectivity index (χ1v) is 5.08. The van der Waals surface area contributed by atoms with Gasteiger partial charge in [0.1, 0.15) is 0 Å². The highest BCUT2D eigenvalue weighted by molar-refractivity contribution is 5.14. The first-order valence-electron chi connectivity index (χ1n) is 5.08. The number of benzene rings is 1. The Bertz CT molecular complexity index is 187. The zero-order valence-corrected chi connectivity index (χ0v) is 9.07.